The van der Waals surface area contributed by atoms with Crippen LogP contribution in [0.25, 0.3) is 11.2 Å². The van der Waals surface area contributed by atoms with E-state index >= 15 is 0 Å². The van der Waals surface area contributed by atoms with E-state index in [1.54, 1.807) is 0 Å². The lowest BCUT2D eigenvalue weighted by molar-refractivity contribution is -0.165. The van der Waals surface area contributed by atoms with Crippen LogP contribution < -0.4 is 0 Å². The van der Waals surface area contributed by atoms with Gasteiger partial charge >= 0.3 is 11.9 Å². The van der Waals surface area contributed by atoms with Gasteiger partial charge in [-0.15, -0.1) is 10.2 Å². The van der Waals surface area contributed by atoms with Crippen LogP contribution in [-0.4, -0.2) is 63.9 Å². The van der Waals surface area contributed by atoms with Gasteiger partial charge in [0.05, 0.1) is 12.9 Å². The molecule has 0 radical (unpaired) electrons. The van der Waals surface area contributed by atoms with Crippen molar-refractivity contribution >= 4 is 46.3 Å². The minimum atomic E-state index is -1.08. The smallest absolute Gasteiger partial charge is 0.303 e. The molecule has 0 saturated carbocycles. The highest BCUT2D eigenvalue weighted by atomic mass is 35.5. The summed E-state index contributed by atoms with van der Waals surface area (Å²) in [5.74, 6) is -1.07. The normalized spacial score (nSPS) is 23.3. The van der Waals surface area contributed by atoms with Gasteiger partial charge in [-0.25, -0.2) is 9.97 Å². The van der Waals surface area contributed by atoms with Gasteiger partial charge in [-0.05, 0) is 23.7 Å². The van der Waals surface area contributed by atoms with Crippen LogP contribution >= 0.6 is 23.2 Å². The van der Waals surface area contributed by atoms with Gasteiger partial charge in [0.25, 0.3) is 0 Å². The summed E-state index contributed by atoms with van der Waals surface area (Å²) in [5.41, 5.74) is 0.498. The second-order valence-electron chi connectivity index (χ2n) is 6.54. The third-order valence-corrected chi connectivity index (χ3v) is 4.86. The van der Waals surface area contributed by atoms with Crippen LogP contribution in [-0.2, 0) is 30.3 Å². The zero-order valence-electron chi connectivity index (χ0n) is 16.5. The van der Waals surface area contributed by atoms with Crippen LogP contribution in [0.15, 0.2) is 6.33 Å². The van der Waals surface area contributed by atoms with Gasteiger partial charge in [-0.3, -0.25) is 14.2 Å². The molecule has 164 valence electrons. The van der Waals surface area contributed by atoms with Gasteiger partial charge in [0, 0.05) is 13.8 Å². The first-order valence-electron chi connectivity index (χ1n) is 9.11. The summed E-state index contributed by atoms with van der Waals surface area (Å²) in [6.07, 6.45) is -2.76. The number of aromatic nitrogens is 8. The third-order valence-electron chi connectivity index (χ3n) is 4.42. The maximum Gasteiger partial charge on any atom is 0.303 e. The monoisotopic (exact) mass is 470 g/mol. The van der Waals surface area contributed by atoms with Crippen LogP contribution in [0, 0.1) is 0 Å². The van der Waals surface area contributed by atoms with E-state index in [9.17, 15) is 9.59 Å². The van der Waals surface area contributed by atoms with Gasteiger partial charge in [-0.2, -0.15) is 9.78 Å². The third kappa shape index (κ3) is 4.03. The Bertz CT molecular complexity index is 1150. The topological polar surface area (TPSA) is 149 Å². The van der Waals surface area contributed by atoms with E-state index in [4.69, 9.17) is 37.4 Å². The summed E-state index contributed by atoms with van der Waals surface area (Å²) >= 11 is 12.1. The van der Waals surface area contributed by atoms with Gasteiger partial charge in [0.15, 0.2) is 35.3 Å². The van der Waals surface area contributed by atoms with Crippen LogP contribution in [0.4, 0.5) is 0 Å². The van der Waals surface area contributed by atoms with Crippen molar-refractivity contribution in [1.82, 2.24) is 39.7 Å². The van der Waals surface area contributed by atoms with E-state index in [-0.39, 0.29) is 27.4 Å². The minimum Gasteiger partial charge on any atom is -0.455 e. The molecule has 31 heavy (non-hydrogen) atoms. The summed E-state index contributed by atoms with van der Waals surface area (Å²) in [4.78, 5) is 37.2. The molecule has 0 N–H and O–H groups in total. The Morgan fingerprint density at radius 1 is 1.16 bits per heavy atom. The van der Waals surface area contributed by atoms with E-state index in [0.29, 0.717) is 6.54 Å². The number of rotatable bonds is 5. The molecule has 1 fully saturated rings. The predicted molar refractivity (Wildman–Crippen MR) is 103 cm³/mol. The fraction of sp³-hybridized carbons (Fsp3) is 0.500. The van der Waals surface area contributed by atoms with Crippen LogP contribution in [0.1, 0.15) is 38.9 Å². The molecule has 13 nitrogen and oxygen atoms in total. The summed E-state index contributed by atoms with van der Waals surface area (Å²) in [7, 11) is 0. The second kappa shape index (κ2) is 8.32. The SMILES string of the molecule is CCn1nnc([C@H]2O[C@@H](n3cnc4c(Cl)nc(Cl)nc43)C(OC(C)=O)C2OC(C)=O)n1. The molecular formula is C16H16Cl2N8O5. The first kappa shape index (κ1) is 21.3. The molecule has 0 bridgehead atoms. The molecule has 0 aromatic carbocycles. The van der Waals surface area contributed by atoms with Gasteiger partial charge < -0.3 is 14.2 Å². The number of carbonyl (C=O) groups is 2. The maximum absolute atomic E-state index is 11.9. The average Bonchev–Trinajstić information content (AvgIpc) is 3.39. The van der Waals surface area contributed by atoms with E-state index in [1.165, 1.54) is 29.5 Å². The maximum atomic E-state index is 11.9. The Labute approximate surface area is 184 Å². The largest absolute Gasteiger partial charge is 0.455 e. The Morgan fingerprint density at radius 2 is 1.87 bits per heavy atom. The van der Waals surface area contributed by atoms with Crippen molar-refractivity contribution < 1.29 is 23.8 Å². The van der Waals surface area contributed by atoms with Crippen molar-refractivity contribution in [3.63, 3.8) is 0 Å². The number of hydrogen-bond donors (Lipinski definition) is 0. The number of imidazole rings is 1. The standard InChI is InChI=1S/C16H16Cl2N8O5/c1-4-26-23-13(22-24-26)10-9(29-6(2)27)11(30-7(3)28)15(31-10)25-5-19-8-12(17)20-16(18)21-14(8)25/h5,9-11,15H,4H2,1-3H3/t9?,10-,11?,15+/m0/s1. The number of halogens is 2. The zero-order chi connectivity index (χ0) is 22.3. The highest BCUT2D eigenvalue weighted by Gasteiger charge is 2.53. The van der Waals surface area contributed by atoms with E-state index < -0.39 is 36.5 Å². The lowest BCUT2D eigenvalue weighted by Gasteiger charge is -2.23. The van der Waals surface area contributed by atoms with Crippen molar-refractivity contribution in [2.45, 2.75) is 51.9 Å². The minimum absolute atomic E-state index is 0.0384. The van der Waals surface area contributed by atoms with Crippen molar-refractivity contribution in [3.8, 4) is 0 Å². The molecule has 1 aliphatic heterocycles. The quantitative estimate of drug-likeness (QED) is 0.301. The summed E-state index contributed by atoms with van der Waals surface area (Å²) in [6.45, 7) is 4.75. The average molecular weight is 471 g/mol. The lowest BCUT2D eigenvalue weighted by atomic mass is 10.1. The predicted octanol–water partition coefficient (Wildman–Crippen LogP) is 1.27. The second-order valence-corrected chi connectivity index (χ2v) is 7.24. The first-order valence-corrected chi connectivity index (χ1v) is 9.87. The lowest BCUT2D eigenvalue weighted by Crippen LogP contribution is -2.37. The number of ether oxygens (including phenoxy) is 3. The number of tetrazole rings is 1. The molecule has 3 aromatic heterocycles. The van der Waals surface area contributed by atoms with Crippen molar-refractivity contribution in [2.24, 2.45) is 0 Å². The molecule has 0 aliphatic carbocycles. The fourth-order valence-electron chi connectivity index (χ4n) is 3.26. The van der Waals surface area contributed by atoms with E-state index in [0.717, 1.165) is 0 Å². The number of aryl methyl sites for hydroxylation is 1. The van der Waals surface area contributed by atoms with Crippen LogP contribution in [0.5, 0.6) is 0 Å². The molecule has 4 heterocycles. The molecule has 3 aromatic rings. The molecular weight excluding hydrogens is 455 g/mol. The molecule has 1 saturated heterocycles. The van der Waals surface area contributed by atoms with Gasteiger partial charge in [-0.1, -0.05) is 11.6 Å². The van der Waals surface area contributed by atoms with E-state index in [1.807, 2.05) is 6.92 Å². The molecule has 4 rings (SSSR count). The Morgan fingerprint density at radius 3 is 2.52 bits per heavy atom. The van der Waals surface area contributed by atoms with Crippen LogP contribution in [0.2, 0.25) is 10.4 Å². The number of nitrogens with zero attached hydrogens (tertiary/aromatic N) is 8. The first-order chi connectivity index (χ1) is 14.8. The molecule has 0 amide bonds. The Hall–Kier alpha value is -2.90. The fourth-order valence-corrected chi connectivity index (χ4v) is 3.68. The van der Waals surface area contributed by atoms with Crippen molar-refractivity contribution in [3.05, 3.63) is 22.6 Å². The molecule has 4 atom stereocenters. The molecule has 1 aliphatic rings. The van der Waals surface area contributed by atoms with Crippen molar-refractivity contribution in [1.29, 1.82) is 0 Å². The highest BCUT2D eigenvalue weighted by Crippen LogP contribution is 2.42. The Balaban J connectivity index is 1.82. The number of fused-ring (bicyclic) bond motifs is 1. The Kier molecular flexibility index (Phi) is 5.73. The summed E-state index contributed by atoms with van der Waals surface area (Å²) < 4.78 is 18.5. The molecule has 2 unspecified atom stereocenters. The van der Waals surface area contributed by atoms with Gasteiger partial charge in [0.1, 0.15) is 5.52 Å². The molecule has 15 heteroatoms. The van der Waals surface area contributed by atoms with Gasteiger partial charge in [0.2, 0.25) is 11.1 Å². The van der Waals surface area contributed by atoms with Crippen LogP contribution in [0.3, 0.4) is 0 Å². The number of hydrogen-bond acceptors (Lipinski definition) is 11. The van der Waals surface area contributed by atoms with Crippen molar-refractivity contribution in [2.75, 3.05) is 0 Å². The van der Waals surface area contributed by atoms with E-state index in [2.05, 4.69) is 30.4 Å². The number of esters is 2. The molecule has 0 spiro atoms. The zero-order valence-corrected chi connectivity index (χ0v) is 18.0. The highest BCUT2D eigenvalue weighted by molar-refractivity contribution is 6.35. The summed E-state index contributed by atoms with van der Waals surface area (Å²) in [5, 5.41) is 12.1. The number of carbonyl (C=O) groups excluding carboxylic acids is 2. The summed E-state index contributed by atoms with van der Waals surface area (Å²) in [6, 6.07) is 0.